The van der Waals surface area contributed by atoms with Crippen LogP contribution >= 0.6 is 0 Å². The first-order valence-electron chi connectivity index (χ1n) is 10.1. The van der Waals surface area contributed by atoms with Gasteiger partial charge < -0.3 is 19.9 Å². The molecule has 0 amide bonds. The topological polar surface area (TPSA) is 139 Å². The van der Waals surface area contributed by atoms with E-state index in [1.807, 2.05) is 10.8 Å². The van der Waals surface area contributed by atoms with Gasteiger partial charge in [0.25, 0.3) is 0 Å². The number of alkyl halides is 3. The summed E-state index contributed by atoms with van der Waals surface area (Å²) >= 11 is -2.68. The Morgan fingerprint density at radius 3 is 2.71 bits per heavy atom. The van der Waals surface area contributed by atoms with Crippen molar-refractivity contribution in [1.29, 1.82) is 5.26 Å². The van der Waals surface area contributed by atoms with Gasteiger partial charge in [0.15, 0.2) is 0 Å². The average Bonchev–Trinajstić information content (AvgIpc) is 3.22. The van der Waals surface area contributed by atoms with Crippen LogP contribution in [0.3, 0.4) is 0 Å². The lowest BCUT2D eigenvalue weighted by atomic mass is 9.95. The second-order valence-corrected chi connectivity index (χ2v) is 8.31. The molecule has 0 bridgehead atoms. The molecular weight excluding hydrogens is 490 g/mol. The molecule has 2 unspecified atom stereocenters. The van der Waals surface area contributed by atoms with E-state index < -0.39 is 40.8 Å². The Labute approximate surface area is 199 Å². The summed E-state index contributed by atoms with van der Waals surface area (Å²) in [5.74, 6) is -1.12. The molecule has 35 heavy (non-hydrogen) atoms. The van der Waals surface area contributed by atoms with E-state index in [9.17, 15) is 31.6 Å². The van der Waals surface area contributed by atoms with E-state index in [1.54, 1.807) is 6.92 Å². The molecule has 0 saturated carbocycles. The van der Waals surface area contributed by atoms with Crippen LogP contribution in [0.25, 0.3) is 0 Å². The van der Waals surface area contributed by atoms with Crippen LogP contribution in [0.5, 0.6) is 0 Å². The van der Waals surface area contributed by atoms with Crippen LogP contribution in [0.4, 0.5) is 35.0 Å². The highest BCUT2D eigenvalue weighted by atomic mass is 32.2. The van der Waals surface area contributed by atoms with Crippen molar-refractivity contribution in [3.8, 4) is 6.07 Å². The van der Waals surface area contributed by atoms with E-state index in [-0.39, 0.29) is 40.8 Å². The number of fused-ring (bicyclic) bond motifs is 1. The number of halogens is 4. The number of rotatable bonds is 6. The summed E-state index contributed by atoms with van der Waals surface area (Å²) in [6, 6.07) is 6.31. The lowest BCUT2D eigenvalue weighted by molar-refractivity contribution is -0.137. The third-order valence-corrected chi connectivity index (χ3v) is 5.78. The molecular formula is C21H16F4N7O2S-. The van der Waals surface area contributed by atoms with Crippen LogP contribution in [-0.2, 0) is 17.4 Å². The molecule has 0 spiro atoms. The standard InChI is InChI=1S/C21H17F4N7O2S/c1-10(11-2-3-17(16(22)4-11)32-35(33)34)30-20-29-7-12(6-26)18(31-20)15-9-28-19-14(15)5-13(8-27-19)21(23,24)25/h2-5,7-8,10,15,32H,9H2,1H3,(H,27,28)(H,33,34)(H,29,30,31)/p-1/t10-,15?/m1/s1. The monoisotopic (exact) mass is 506 g/mol. The minimum Gasteiger partial charge on any atom is -0.755 e. The van der Waals surface area contributed by atoms with Crippen LogP contribution in [0.2, 0.25) is 0 Å². The van der Waals surface area contributed by atoms with Crippen LogP contribution in [0.1, 0.15) is 46.8 Å². The first-order valence-corrected chi connectivity index (χ1v) is 11.1. The SMILES string of the molecule is C[C@@H](Nc1ncc(C#N)c(C2CNc3ncc(C(F)(F)F)cc32)n1)c1ccc(NS(=O)[O-])c(F)c1. The van der Waals surface area contributed by atoms with Gasteiger partial charge in [-0.05, 0) is 30.7 Å². The molecule has 3 N–H and O–H groups in total. The highest BCUT2D eigenvalue weighted by Crippen LogP contribution is 2.39. The molecule has 3 atom stereocenters. The molecule has 1 aliphatic rings. The average molecular weight is 506 g/mol. The number of pyridine rings is 1. The highest BCUT2D eigenvalue weighted by Gasteiger charge is 2.35. The number of nitriles is 1. The van der Waals surface area contributed by atoms with Crippen LogP contribution < -0.4 is 15.4 Å². The Hall–Kier alpha value is -3.83. The predicted molar refractivity (Wildman–Crippen MR) is 117 cm³/mol. The lowest BCUT2D eigenvalue weighted by Crippen LogP contribution is -2.15. The van der Waals surface area contributed by atoms with Gasteiger partial charge in [0.05, 0.1) is 34.7 Å². The molecule has 14 heteroatoms. The van der Waals surface area contributed by atoms with Gasteiger partial charge in [-0.3, -0.25) is 4.21 Å². The summed E-state index contributed by atoms with van der Waals surface area (Å²) in [6.45, 7) is 1.87. The van der Waals surface area contributed by atoms with Crippen molar-refractivity contribution in [2.24, 2.45) is 0 Å². The van der Waals surface area contributed by atoms with E-state index in [1.165, 1.54) is 18.3 Å². The molecule has 4 rings (SSSR count). The fourth-order valence-corrected chi connectivity index (χ4v) is 4.01. The molecule has 2 aromatic heterocycles. The highest BCUT2D eigenvalue weighted by molar-refractivity contribution is 7.80. The zero-order valence-electron chi connectivity index (χ0n) is 17.9. The maximum absolute atomic E-state index is 14.2. The first-order chi connectivity index (χ1) is 16.6. The normalized spacial score (nSPS) is 16.5. The number of aromatic nitrogens is 3. The van der Waals surface area contributed by atoms with Gasteiger partial charge in [-0.2, -0.15) is 18.4 Å². The number of nitrogens with one attached hydrogen (secondary N) is 3. The number of hydrogen-bond acceptors (Lipinski definition) is 8. The van der Waals surface area contributed by atoms with Gasteiger partial charge in [-0.1, -0.05) is 6.07 Å². The van der Waals surface area contributed by atoms with Crippen LogP contribution in [-0.4, -0.2) is 30.3 Å². The van der Waals surface area contributed by atoms with Crippen molar-refractivity contribution in [3.05, 3.63) is 70.4 Å². The number of nitrogens with zero attached hydrogens (tertiary/aromatic N) is 4. The third kappa shape index (κ3) is 5.15. The molecule has 9 nitrogen and oxygen atoms in total. The number of benzene rings is 1. The van der Waals surface area contributed by atoms with Gasteiger partial charge in [0.2, 0.25) is 5.95 Å². The van der Waals surface area contributed by atoms with Gasteiger partial charge in [0, 0.05) is 35.5 Å². The number of anilines is 3. The quantitative estimate of drug-likeness (QED) is 0.339. The summed E-state index contributed by atoms with van der Waals surface area (Å²) in [6.07, 6.45) is -2.58. The summed E-state index contributed by atoms with van der Waals surface area (Å²) in [5, 5.41) is 15.4. The second kappa shape index (κ2) is 9.43. The number of hydrogen-bond donors (Lipinski definition) is 3. The van der Waals surface area contributed by atoms with E-state index >= 15 is 0 Å². The van der Waals surface area contributed by atoms with Gasteiger partial charge >= 0.3 is 6.18 Å². The van der Waals surface area contributed by atoms with Crippen molar-refractivity contribution < 1.29 is 26.3 Å². The molecule has 0 saturated heterocycles. The fraction of sp³-hybridized carbons (Fsp3) is 0.238. The fourth-order valence-electron chi connectivity index (χ4n) is 3.67. The zero-order chi connectivity index (χ0) is 25.3. The zero-order valence-corrected chi connectivity index (χ0v) is 18.7. The molecule has 1 aliphatic heterocycles. The minimum atomic E-state index is -4.58. The van der Waals surface area contributed by atoms with Crippen molar-refractivity contribution in [1.82, 2.24) is 15.0 Å². The Kier molecular flexibility index (Phi) is 6.55. The van der Waals surface area contributed by atoms with Crippen molar-refractivity contribution in [3.63, 3.8) is 0 Å². The molecule has 1 aromatic carbocycles. The van der Waals surface area contributed by atoms with Crippen LogP contribution in [0.15, 0.2) is 36.7 Å². The van der Waals surface area contributed by atoms with Crippen molar-refractivity contribution in [2.75, 3.05) is 21.9 Å². The van der Waals surface area contributed by atoms with E-state index in [4.69, 9.17) is 0 Å². The first kappa shape index (κ1) is 24.3. The molecule has 3 heterocycles. The largest absolute Gasteiger partial charge is 0.755 e. The Bertz CT molecular complexity index is 1350. The van der Waals surface area contributed by atoms with Crippen molar-refractivity contribution >= 4 is 28.7 Å². The molecule has 0 fully saturated rings. The maximum atomic E-state index is 14.2. The molecule has 3 aromatic rings. The minimum absolute atomic E-state index is 0.0724. The van der Waals surface area contributed by atoms with Crippen LogP contribution in [0, 0.1) is 17.1 Å². The summed E-state index contributed by atoms with van der Waals surface area (Å²) < 4.78 is 77.2. The Morgan fingerprint density at radius 1 is 1.29 bits per heavy atom. The van der Waals surface area contributed by atoms with Gasteiger partial charge in [-0.15, -0.1) is 0 Å². The molecule has 0 radical (unpaired) electrons. The summed E-state index contributed by atoms with van der Waals surface area (Å²) in [4.78, 5) is 12.3. The van der Waals surface area contributed by atoms with E-state index in [2.05, 4.69) is 25.6 Å². The Morgan fingerprint density at radius 2 is 2.06 bits per heavy atom. The maximum Gasteiger partial charge on any atom is 0.417 e. The summed E-state index contributed by atoms with van der Waals surface area (Å²) in [7, 11) is 0. The lowest BCUT2D eigenvalue weighted by Gasteiger charge is -2.18. The van der Waals surface area contributed by atoms with Crippen molar-refractivity contribution in [2.45, 2.75) is 25.1 Å². The van der Waals surface area contributed by atoms with Gasteiger partial charge in [-0.25, -0.2) is 19.3 Å². The van der Waals surface area contributed by atoms with Gasteiger partial charge in [0.1, 0.15) is 17.7 Å². The predicted octanol–water partition coefficient (Wildman–Crippen LogP) is 3.84. The smallest absolute Gasteiger partial charge is 0.417 e. The van der Waals surface area contributed by atoms with E-state index in [0.29, 0.717) is 5.56 Å². The van der Waals surface area contributed by atoms with E-state index in [0.717, 1.165) is 18.3 Å². The third-order valence-electron chi connectivity index (χ3n) is 5.39. The Balaban J connectivity index is 1.62. The second-order valence-electron chi connectivity index (χ2n) is 7.64. The molecule has 182 valence electrons. The molecule has 0 aliphatic carbocycles. The summed E-state index contributed by atoms with van der Waals surface area (Å²) in [5.41, 5.74) is -0.114.